The lowest BCUT2D eigenvalue weighted by Gasteiger charge is -2.45. The molecule has 2 aliphatic carbocycles. The molecule has 8 rings (SSSR count). The summed E-state index contributed by atoms with van der Waals surface area (Å²) in [4.78, 5) is 53.8. The van der Waals surface area contributed by atoms with Crippen LogP contribution < -0.4 is 5.32 Å². The van der Waals surface area contributed by atoms with Gasteiger partial charge in [0.15, 0.2) is 0 Å². The van der Waals surface area contributed by atoms with Crippen LogP contribution in [0.4, 0.5) is 0 Å². The van der Waals surface area contributed by atoms with Gasteiger partial charge in [0.25, 0.3) is 0 Å². The van der Waals surface area contributed by atoms with Gasteiger partial charge in [0.05, 0.1) is 31.1 Å². The summed E-state index contributed by atoms with van der Waals surface area (Å²) in [7, 11) is 0. The second kappa shape index (κ2) is 15.5. The second-order valence-corrected chi connectivity index (χ2v) is 11.2. The van der Waals surface area contributed by atoms with E-state index in [1.807, 2.05) is 17.0 Å². The first-order valence-corrected chi connectivity index (χ1v) is 15.2. The molecule has 2 N–H and O–H groups in total. The van der Waals surface area contributed by atoms with Gasteiger partial charge in [-0.1, -0.05) is 86.8 Å². The molecule has 0 unspecified atom stereocenters. The van der Waals surface area contributed by atoms with Crippen molar-refractivity contribution in [3.63, 3.8) is 0 Å². The topological polar surface area (TPSA) is 110 Å². The Balaban J connectivity index is 0.000000188. The van der Waals surface area contributed by atoms with Crippen LogP contribution >= 0.6 is 0 Å². The van der Waals surface area contributed by atoms with Gasteiger partial charge in [-0.3, -0.25) is 19.2 Å². The molecule has 47 heavy (non-hydrogen) atoms. The Morgan fingerprint density at radius 2 is 1.28 bits per heavy atom. The molecule has 0 radical (unpaired) electrons. The molecule has 4 heterocycles. The Labute approximate surface area is 309 Å². The van der Waals surface area contributed by atoms with Crippen LogP contribution in [0.2, 0.25) is 0 Å². The third-order valence-corrected chi connectivity index (χ3v) is 8.51. The van der Waals surface area contributed by atoms with E-state index in [0.29, 0.717) is 19.5 Å². The number of carbonyl (C=O) groups excluding carboxylic acids is 3. The van der Waals surface area contributed by atoms with Crippen LogP contribution in [0.3, 0.4) is 0 Å². The van der Waals surface area contributed by atoms with Crippen LogP contribution in [0.5, 0.6) is 0 Å². The van der Waals surface area contributed by atoms with Crippen LogP contribution in [0, 0.1) is 11.8 Å². The van der Waals surface area contributed by atoms with Crippen molar-refractivity contribution in [2.45, 2.75) is 88.7 Å². The first-order chi connectivity index (χ1) is 31.2. The number of benzene rings is 2. The van der Waals surface area contributed by atoms with Gasteiger partial charge < -0.3 is 25.1 Å². The summed E-state index contributed by atoms with van der Waals surface area (Å²) in [5, 5.41) is 12.2. The van der Waals surface area contributed by atoms with Crippen LogP contribution in [-0.4, -0.2) is 82.8 Å². The Bertz CT molecular complexity index is 2360. The van der Waals surface area contributed by atoms with Crippen molar-refractivity contribution >= 4 is 23.7 Å². The molecular weight excluding hydrogens is 592 g/mol. The van der Waals surface area contributed by atoms with E-state index in [1.54, 1.807) is 17.0 Å². The summed E-state index contributed by atoms with van der Waals surface area (Å²) in [5.74, 6) is -11.9. The summed E-state index contributed by atoms with van der Waals surface area (Å²) >= 11 is 0. The van der Waals surface area contributed by atoms with E-state index in [1.165, 1.54) is 11.1 Å². The maximum Gasteiger partial charge on any atom is 0.306 e. The van der Waals surface area contributed by atoms with Gasteiger partial charge in [0.1, 0.15) is 0 Å². The van der Waals surface area contributed by atoms with Gasteiger partial charge in [-0.15, -0.1) is 0 Å². The molecule has 0 spiro atoms. The van der Waals surface area contributed by atoms with E-state index < -0.39 is 106 Å². The number of hydrogen-bond donors (Lipinski definition) is 2. The number of carboxylic acid groups (broad SMARTS) is 1. The third-order valence-electron chi connectivity index (χ3n) is 8.51. The summed E-state index contributed by atoms with van der Waals surface area (Å²) in [6.45, 7) is 1.82. The number of piperazine rings is 2. The molecule has 0 aromatic heterocycles. The van der Waals surface area contributed by atoms with E-state index >= 15 is 0 Å². The molecule has 2 atom stereocenters. The summed E-state index contributed by atoms with van der Waals surface area (Å²) in [6.07, 6.45) is -36.0. The molecule has 4 fully saturated rings. The zero-order valence-electron chi connectivity index (χ0n) is 47.4. The van der Waals surface area contributed by atoms with Gasteiger partial charge in [-0.2, -0.15) is 0 Å². The van der Waals surface area contributed by atoms with Crippen LogP contribution in [-0.2, 0) is 32.0 Å². The number of fused-ring (bicyclic) bond motifs is 6. The van der Waals surface area contributed by atoms with E-state index in [9.17, 15) is 19.2 Å². The van der Waals surface area contributed by atoms with E-state index in [-0.39, 0.29) is 18.5 Å². The average Bonchev–Trinajstić information content (AvgIpc) is 3.27. The summed E-state index contributed by atoms with van der Waals surface area (Å²) in [6, 6.07) is 15.3. The van der Waals surface area contributed by atoms with Crippen molar-refractivity contribution in [2.24, 2.45) is 11.8 Å². The van der Waals surface area contributed by atoms with Gasteiger partial charge in [0, 0.05) is 62.2 Å². The van der Waals surface area contributed by atoms with Crippen molar-refractivity contribution in [3.8, 4) is 0 Å². The number of carboxylic acids is 1. The number of nitrogens with one attached hydrogen (secondary N) is 1. The van der Waals surface area contributed by atoms with Crippen LogP contribution in [0.25, 0.3) is 0 Å². The molecule has 2 saturated heterocycles. The van der Waals surface area contributed by atoms with Crippen molar-refractivity contribution < 1.29 is 54.4 Å². The Morgan fingerprint density at radius 1 is 0.745 bits per heavy atom. The molecule has 6 aliphatic rings. The zero-order chi connectivity index (χ0) is 52.5. The summed E-state index contributed by atoms with van der Waals surface area (Å²) in [5.41, 5.74) is 4.41. The Hall–Kier alpha value is -3.72. The lowest BCUT2D eigenvalue weighted by atomic mass is 9.87. The highest BCUT2D eigenvalue weighted by atomic mass is 16.4. The fourth-order valence-corrected chi connectivity index (χ4v) is 6.29. The number of amides is 3. The predicted octanol–water partition coefficient (Wildman–Crippen LogP) is 4.90. The van der Waals surface area contributed by atoms with Crippen LogP contribution in [0.15, 0.2) is 48.5 Å². The Morgan fingerprint density at radius 3 is 1.87 bits per heavy atom. The molecule has 9 heteroatoms. The van der Waals surface area contributed by atoms with Gasteiger partial charge >= 0.3 is 5.97 Å². The summed E-state index contributed by atoms with van der Waals surface area (Å²) < 4.78 is 172. The lowest BCUT2D eigenvalue weighted by Crippen LogP contribution is -2.56. The number of carbonyl (C=O) groups is 4. The molecule has 9 nitrogen and oxygen atoms in total. The number of nitrogens with zero attached hydrogens (tertiary/aromatic N) is 3. The lowest BCUT2D eigenvalue weighted by molar-refractivity contribution is -0.152. The molecule has 3 amide bonds. The molecule has 0 bridgehead atoms. The van der Waals surface area contributed by atoms with E-state index in [4.69, 9.17) is 35.3 Å². The van der Waals surface area contributed by atoms with Crippen molar-refractivity contribution in [2.75, 3.05) is 39.3 Å². The fraction of sp³-hybridized carbons (Fsp3) is 0.579. The highest BCUT2D eigenvalue weighted by molar-refractivity contribution is 5.88. The molecule has 4 aliphatic heterocycles. The van der Waals surface area contributed by atoms with Gasteiger partial charge in [0.2, 0.25) is 17.7 Å². The molecule has 252 valence electrons. The van der Waals surface area contributed by atoms with Crippen LogP contribution in [0.1, 0.15) is 128 Å². The average molecular weight is 665 g/mol. The third kappa shape index (κ3) is 7.72. The SMILES string of the molecule is O=C1CNC[C@H]2c3ccccc3CCN12.[2H]C1([2H])C([2H])([2H])C([2H])([2H])C([2H])(C(=O)N2CC(=O)N3CCc4ccccc4[C@@H]3C2)C([2H])([2H])C1([2H])[2H].[2H]C1([2H])C([2H])([2H])C([2H])([2H])C([2H])(C(=O)O)C([2H])([2H])C1([2H])[2H]. The first-order valence-electron chi connectivity index (χ1n) is 26.2. The zero-order valence-corrected chi connectivity index (χ0v) is 25.4. The first kappa shape index (κ1) is 15.7. The van der Waals surface area contributed by atoms with Crippen molar-refractivity contribution in [1.29, 1.82) is 0 Å². The number of hydrogen-bond acceptors (Lipinski definition) is 5. The minimum absolute atomic E-state index is 0.215. The predicted molar refractivity (Wildman–Crippen MR) is 179 cm³/mol. The van der Waals surface area contributed by atoms with Crippen molar-refractivity contribution in [3.05, 3.63) is 70.8 Å². The molecule has 2 aromatic rings. The maximum atomic E-state index is 13.7. The molecule has 2 aromatic carbocycles. The quantitative estimate of drug-likeness (QED) is 0.473. The highest BCUT2D eigenvalue weighted by Crippen LogP contribution is 2.35. The standard InChI is InChI=1S/C19H24N2O2.C12H14N2O.C7H12O2/c22-18-13-20(19(23)15-7-2-1-3-8-15)12-17-16-9-5-4-6-14(16)10-11-21(17)18;15-12-8-13-7-11-10-4-2-1-3-9(10)5-6-14(11)12;8-7(9)6-4-2-1-3-5-6/h4-6,9,15,17H,1-3,7-8,10-13H2;1-4,11,13H,5-8H2;6H,1-5H2,(H,8,9)/t17-;11-;/m00./s1/i1D2,2D2,3D2,7D2,8D2,15D;;1D2,2D2,3D2,4D2,5D2,6D. The van der Waals surface area contributed by atoms with Gasteiger partial charge in [-0.25, -0.2) is 0 Å². The molecular formula is C38H50N4O5. The van der Waals surface area contributed by atoms with E-state index in [0.717, 1.165) is 35.5 Å². The smallest absolute Gasteiger partial charge is 0.306 e. The highest BCUT2D eigenvalue weighted by Gasteiger charge is 2.40. The number of rotatable bonds is 2. The minimum atomic E-state index is -3.86. The second-order valence-electron chi connectivity index (χ2n) is 11.2. The van der Waals surface area contributed by atoms with Crippen molar-refractivity contribution in [1.82, 2.24) is 20.0 Å². The van der Waals surface area contributed by atoms with E-state index in [2.05, 4.69) is 29.6 Å². The minimum Gasteiger partial charge on any atom is -0.481 e. The van der Waals surface area contributed by atoms with Gasteiger partial charge in [-0.05, 0) is 60.6 Å². The Kier molecular flexibility index (Phi) is 5.15. The number of aliphatic carboxylic acids is 1. The fourth-order valence-electron chi connectivity index (χ4n) is 6.29. The molecule has 2 saturated carbocycles. The maximum absolute atomic E-state index is 13.7. The normalized spacial score (nSPS) is 43.3. The largest absolute Gasteiger partial charge is 0.481 e. The monoisotopic (exact) mass is 665 g/mol.